The largest absolute Gasteiger partial charge is 0.378 e. The highest BCUT2D eigenvalue weighted by Gasteiger charge is 2.33. The van der Waals surface area contributed by atoms with Gasteiger partial charge in [-0.3, -0.25) is 0 Å². The van der Waals surface area contributed by atoms with E-state index in [2.05, 4.69) is 29.5 Å². The number of halogens is 2. The lowest BCUT2D eigenvalue weighted by Crippen LogP contribution is -2.49. The van der Waals surface area contributed by atoms with Gasteiger partial charge in [-0.15, -0.1) is 11.3 Å². The van der Waals surface area contributed by atoms with Crippen LogP contribution in [0.5, 0.6) is 0 Å². The number of hydrogen-bond acceptors (Lipinski definition) is 5. The summed E-state index contributed by atoms with van der Waals surface area (Å²) < 4.78 is 15.0. The van der Waals surface area contributed by atoms with E-state index in [-0.39, 0.29) is 27.2 Å². The molecule has 1 aromatic heterocycles. The number of thiazole rings is 1. The van der Waals surface area contributed by atoms with Crippen LogP contribution in [-0.2, 0) is 0 Å². The minimum Gasteiger partial charge on any atom is -0.378 e. The molecule has 3 rings (SSSR count). The van der Waals surface area contributed by atoms with E-state index >= 15 is 0 Å². The predicted molar refractivity (Wildman–Crippen MR) is 88.0 cm³/mol. The molecule has 1 saturated heterocycles. The number of piperidine rings is 1. The SMILES string of the molecule is CC1(C)CNCCC1Nc1c(F)cc2sc(C#N)nc2c1Cl. The number of benzene rings is 1. The molecular weight excluding hydrogens is 323 g/mol. The molecule has 0 radical (unpaired) electrons. The van der Waals surface area contributed by atoms with Crippen molar-refractivity contribution >= 4 is 38.8 Å². The summed E-state index contributed by atoms with van der Waals surface area (Å²) in [4.78, 5) is 4.17. The van der Waals surface area contributed by atoms with Gasteiger partial charge in [0.15, 0.2) is 5.01 Å². The van der Waals surface area contributed by atoms with Crippen LogP contribution >= 0.6 is 22.9 Å². The second-order valence-electron chi connectivity index (χ2n) is 6.18. The molecule has 0 saturated carbocycles. The fourth-order valence-corrected chi connectivity index (χ4v) is 3.93. The number of nitrogens with one attached hydrogen (secondary N) is 2. The number of nitriles is 1. The molecule has 7 heteroatoms. The molecule has 2 aromatic rings. The van der Waals surface area contributed by atoms with Gasteiger partial charge in [0, 0.05) is 12.6 Å². The van der Waals surface area contributed by atoms with E-state index in [1.807, 2.05) is 6.07 Å². The Kier molecular flexibility index (Phi) is 3.98. The van der Waals surface area contributed by atoms with Crippen molar-refractivity contribution in [1.29, 1.82) is 5.26 Å². The number of rotatable bonds is 2. The number of anilines is 1. The van der Waals surface area contributed by atoms with Crippen molar-refractivity contribution in [2.24, 2.45) is 5.41 Å². The minimum absolute atomic E-state index is 0.0110. The first-order chi connectivity index (χ1) is 10.4. The second kappa shape index (κ2) is 5.65. The Morgan fingerprint density at radius 2 is 2.36 bits per heavy atom. The first kappa shape index (κ1) is 15.5. The first-order valence-corrected chi connectivity index (χ1v) is 8.28. The highest BCUT2D eigenvalue weighted by Crippen LogP contribution is 2.38. The molecule has 1 atom stereocenters. The molecular formula is C15H16ClFN4S. The first-order valence-electron chi connectivity index (χ1n) is 7.08. The van der Waals surface area contributed by atoms with Gasteiger partial charge in [0.2, 0.25) is 0 Å². The van der Waals surface area contributed by atoms with E-state index in [1.165, 1.54) is 6.07 Å². The minimum atomic E-state index is -0.403. The summed E-state index contributed by atoms with van der Waals surface area (Å²) in [7, 11) is 0. The normalized spacial score (nSPS) is 20.8. The molecule has 22 heavy (non-hydrogen) atoms. The van der Waals surface area contributed by atoms with Crippen molar-refractivity contribution in [3.05, 3.63) is 21.9 Å². The van der Waals surface area contributed by atoms with Crippen LogP contribution in [0.15, 0.2) is 6.07 Å². The number of nitrogens with zero attached hydrogens (tertiary/aromatic N) is 2. The molecule has 1 aromatic carbocycles. The topological polar surface area (TPSA) is 60.7 Å². The van der Waals surface area contributed by atoms with Crippen molar-refractivity contribution in [3.8, 4) is 6.07 Å². The summed E-state index contributed by atoms with van der Waals surface area (Å²) in [6, 6.07) is 3.49. The van der Waals surface area contributed by atoms with Crippen LogP contribution in [0, 0.1) is 22.6 Å². The van der Waals surface area contributed by atoms with Crippen LogP contribution in [0.3, 0.4) is 0 Å². The van der Waals surface area contributed by atoms with E-state index in [4.69, 9.17) is 16.9 Å². The Balaban J connectivity index is 2.01. The fourth-order valence-electron chi connectivity index (χ4n) is 2.79. The van der Waals surface area contributed by atoms with Crippen molar-refractivity contribution in [1.82, 2.24) is 10.3 Å². The van der Waals surface area contributed by atoms with Crippen LogP contribution in [0.1, 0.15) is 25.3 Å². The van der Waals surface area contributed by atoms with Gasteiger partial charge in [0.05, 0.1) is 15.4 Å². The molecule has 1 unspecified atom stereocenters. The van der Waals surface area contributed by atoms with Crippen LogP contribution in [0.2, 0.25) is 5.02 Å². The predicted octanol–water partition coefficient (Wildman–Crippen LogP) is 3.76. The van der Waals surface area contributed by atoms with Crippen LogP contribution in [0.25, 0.3) is 10.2 Å². The molecule has 0 aliphatic carbocycles. The third-order valence-electron chi connectivity index (χ3n) is 4.13. The Labute approximate surface area is 137 Å². The van der Waals surface area contributed by atoms with Gasteiger partial charge < -0.3 is 10.6 Å². The van der Waals surface area contributed by atoms with Crippen molar-refractivity contribution < 1.29 is 4.39 Å². The van der Waals surface area contributed by atoms with Gasteiger partial charge in [0.1, 0.15) is 17.4 Å². The van der Waals surface area contributed by atoms with E-state index in [0.717, 1.165) is 30.8 Å². The Morgan fingerprint density at radius 3 is 3.05 bits per heavy atom. The lowest BCUT2D eigenvalue weighted by Gasteiger charge is -2.40. The number of aromatic nitrogens is 1. The molecule has 2 heterocycles. The molecule has 1 fully saturated rings. The fraction of sp³-hybridized carbons (Fsp3) is 0.467. The van der Waals surface area contributed by atoms with E-state index in [0.29, 0.717) is 10.2 Å². The van der Waals surface area contributed by atoms with Crippen LogP contribution in [-0.4, -0.2) is 24.1 Å². The molecule has 1 aliphatic rings. The quantitative estimate of drug-likeness (QED) is 0.875. The van der Waals surface area contributed by atoms with Gasteiger partial charge in [0.25, 0.3) is 0 Å². The number of hydrogen-bond donors (Lipinski definition) is 2. The average molecular weight is 339 g/mol. The summed E-state index contributed by atoms with van der Waals surface area (Å²) in [5, 5.41) is 16.1. The van der Waals surface area contributed by atoms with Crippen LogP contribution in [0.4, 0.5) is 10.1 Å². The van der Waals surface area contributed by atoms with E-state index in [1.54, 1.807) is 0 Å². The van der Waals surface area contributed by atoms with Crippen molar-refractivity contribution in [3.63, 3.8) is 0 Å². The summed E-state index contributed by atoms with van der Waals surface area (Å²) in [5.41, 5.74) is 0.755. The van der Waals surface area contributed by atoms with Gasteiger partial charge in [-0.05, 0) is 24.4 Å². The molecule has 0 bridgehead atoms. The van der Waals surface area contributed by atoms with E-state index in [9.17, 15) is 4.39 Å². The maximum atomic E-state index is 14.4. The lowest BCUT2D eigenvalue weighted by atomic mass is 9.80. The Morgan fingerprint density at radius 1 is 1.59 bits per heavy atom. The summed E-state index contributed by atoms with van der Waals surface area (Å²) in [5.74, 6) is -0.403. The third kappa shape index (κ3) is 2.65. The Bertz CT molecular complexity index is 765. The molecule has 1 aliphatic heterocycles. The second-order valence-corrected chi connectivity index (χ2v) is 7.58. The smallest absolute Gasteiger partial charge is 0.195 e. The lowest BCUT2D eigenvalue weighted by molar-refractivity contribution is 0.236. The average Bonchev–Trinajstić information content (AvgIpc) is 2.88. The van der Waals surface area contributed by atoms with Crippen molar-refractivity contribution in [2.45, 2.75) is 26.3 Å². The summed E-state index contributed by atoms with van der Waals surface area (Å²) in [6.07, 6.45) is 0.890. The van der Waals surface area contributed by atoms with Gasteiger partial charge >= 0.3 is 0 Å². The maximum absolute atomic E-state index is 14.4. The molecule has 116 valence electrons. The standard InChI is InChI=1S/C15H16ClFN4S/c1-15(2)7-19-4-3-10(15)20-13-8(17)5-9-14(12(13)16)21-11(6-18)22-9/h5,10,19-20H,3-4,7H2,1-2H3. The van der Waals surface area contributed by atoms with Gasteiger partial charge in [-0.1, -0.05) is 25.4 Å². The zero-order chi connectivity index (χ0) is 15.9. The Hall–Kier alpha value is -1.42. The molecule has 0 spiro atoms. The molecule has 4 nitrogen and oxygen atoms in total. The zero-order valence-electron chi connectivity index (χ0n) is 12.3. The van der Waals surface area contributed by atoms with E-state index < -0.39 is 5.82 Å². The summed E-state index contributed by atoms with van der Waals surface area (Å²) in [6.45, 7) is 6.02. The molecule has 0 amide bonds. The summed E-state index contributed by atoms with van der Waals surface area (Å²) >= 11 is 7.49. The maximum Gasteiger partial charge on any atom is 0.195 e. The van der Waals surface area contributed by atoms with Gasteiger partial charge in [-0.2, -0.15) is 5.26 Å². The van der Waals surface area contributed by atoms with Crippen molar-refractivity contribution in [2.75, 3.05) is 18.4 Å². The van der Waals surface area contributed by atoms with Gasteiger partial charge in [-0.25, -0.2) is 9.37 Å². The zero-order valence-corrected chi connectivity index (χ0v) is 13.9. The van der Waals surface area contributed by atoms with Crippen LogP contribution < -0.4 is 10.6 Å². The molecule has 2 N–H and O–H groups in total. The highest BCUT2D eigenvalue weighted by atomic mass is 35.5. The highest BCUT2D eigenvalue weighted by molar-refractivity contribution is 7.19. The monoisotopic (exact) mass is 338 g/mol. The third-order valence-corrected chi connectivity index (χ3v) is 5.40. The number of fused-ring (bicyclic) bond motifs is 1.